The van der Waals surface area contributed by atoms with Gasteiger partial charge in [0.15, 0.2) is 0 Å². The number of rotatable bonds is 7. The highest BCUT2D eigenvalue weighted by Crippen LogP contribution is 2.16. The molecule has 1 aromatic carbocycles. The third-order valence-corrected chi connectivity index (χ3v) is 5.25. The van der Waals surface area contributed by atoms with E-state index in [2.05, 4.69) is 26.0 Å². The number of nitrogens with zero attached hydrogens (tertiary/aromatic N) is 1. The summed E-state index contributed by atoms with van der Waals surface area (Å²) in [6.45, 7) is 3.26. The molecule has 2 N–H and O–H groups in total. The number of likely N-dealkylation sites (N-methyl/N-ethyl adjacent to an activating group) is 1. The zero-order valence-electron chi connectivity index (χ0n) is 14.0. The Kier molecular flexibility index (Phi) is 7.37. The average Bonchev–Trinajstić information content (AvgIpc) is 2.50. The predicted molar refractivity (Wildman–Crippen MR) is 94.8 cm³/mol. The van der Waals surface area contributed by atoms with Gasteiger partial charge in [-0.3, -0.25) is 9.59 Å². The Bertz CT molecular complexity index is 687. The number of hydrogen-bond donors (Lipinski definition) is 2. The average molecular weight is 420 g/mol. The summed E-state index contributed by atoms with van der Waals surface area (Å²) < 4.78 is 28.0. The molecular formula is C15H22BrN3O4S. The first-order valence-corrected chi connectivity index (χ1v) is 9.58. The maximum Gasteiger partial charge on any atom is 0.241 e. The number of carbonyl (C=O) groups is 2. The molecule has 0 heterocycles. The lowest BCUT2D eigenvalue weighted by atomic mass is 10.1. The maximum atomic E-state index is 12.4. The van der Waals surface area contributed by atoms with Gasteiger partial charge in [0, 0.05) is 18.6 Å². The van der Waals surface area contributed by atoms with Crippen LogP contribution in [0.4, 0.5) is 0 Å². The summed E-state index contributed by atoms with van der Waals surface area (Å²) in [5, 5.41) is 2.46. The normalized spacial score (nSPS) is 12.8. The molecule has 1 aromatic rings. The van der Waals surface area contributed by atoms with E-state index < -0.39 is 22.0 Å². The molecule has 9 heteroatoms. The first kappa shape index (κ1) is 20.6. The van der Waals surface area contributed by atoms with E-state index in [1.807, 2.05) is 0 Å². The minimum atomic E-state index is -3.85. The summed E-state index contributed by atoms with van der Waals surface area (Å²) in [5.74, 6) is -1.10. The molecule has 1 rings (SSSR count). The van der Waals surface area contributed by atoms with Crippen LogP contribution in [0.2, 0.25) is 0 Å². The van der Waals surface area contributed by atoms with Crippen molar-refractivity contribution in [3.8, 4) is 0 Å². The lowest BCUT2D eigenvalue weighted by molar-refractivity contribution is -0.131. The standard InChI is InChI=1S/C15H22BrN3O4S/c1-10(2)14(15(21)17-9-13(20)19(3)4)18-24(22,23)12-7-5-11(16)6-8-12/h5-8,10,14,18H,9H2,1-4H3,(H,17,21)/t14-/m0/s1. The van der Waals surface area contributed by atoms with Gasteiger partial charge in [-0.15, -0.1) is 0 Å². The lowest BCUT2D eigenvalue weighted by Gasteiger charge is -2.22. The van der Waals surface area contributed by atoms with E-state index in [4.69, 9.17) is 0 Å². The minimum Gasteiger partial charge on any atom is -0.347 e. The van der Waals surface area contributed by atoms with Crippen LogP contribution in [0.3, 0.4) is 0 Å². The molecule has 134 valence electrons. The van der Waals surface area contributed by atoms with Crippen LogP contribution in [-0.4, -0.2) is 51.8 Å². The molecule has 0 aliphatic heterocycles. The summed E-state index contributed by atoms with van der Waals surface area (Å²) in [6, 6.07) is 5.12. The molecule has 0 aromatic heterocycles. The monoisotopic (exact) mass is 419 g/mol. The van der Waals surface area contributed by atoms with E-state index >= 15 is 0 Å². The van der Waals surface area contributed by atoms with Gasteiger partial charge < -0.3 is 10.2 Å². The van der Waals surface area contributed by atoms with Gasteiger partial charge in [-0.1, -0.05) is 29.8 Å². The van der Waals surface area contributed by atoms with E-state index in [1.165, 1.54) is 17.0 Å². The van der Waals surface area contributed by atoms with Gasteiger partial charge >= 0.3 is 0 Å². The Balaban J connectivity index is 2.87. The Morgan fingerprint density at radius 3 is 2.17 bits per heavy atom. The third kappa shape index (κ3) is 5.88. The fourth-order valence-corrected chi connectivity index (χ4v) is 3.38. The number of hydrogen-bond acceptors (Lipinski definition) is 4. The van der Waals surface area contributed by atoms with E-state index in [0.717, 1.165) is 4.47 Å². The Hall–Kier alpha value is -1.45. The molecule has 0 aliphatic rings. The molecule has 0 radical (unpaired) electrons. The first-order valence-electron chi connectivity index (χ1n) is 7.30. The van der Waals surface area contributed by atoms with Gasteiger partial charge in [-0.05, 0) is 30.2 Å². The van der Waals surface area contributed by atoms with E-state index in [-0.39, 0.29) is 23.3 Å². The molecule has 24 heavy (non-hydrogen) atoms. The lowest BCUT2D eigenvalue weighted by Crippen LogP contribution is -2.51. The van der Waals surface area contributed by atoms with Crippen LogP contribution in [0.25, 0.3) is 0 Å². The number of halogens is 1. The minimum absolute atomic E-state index is 0.0634. The molecule has 2 amide bonds. The van der Waals surface area contributed by atoms with Crippen LogP contribution in [-0.2, 0) is 19.6 Å². The molecule has 0 spiro atoms. The van der Waals surface area contributed by atoms with E-state index in [1.54, 1.807) is 40.1 Å². The molecule has 0 aliphatic carbocycles. The van der Waals surface area contributed by atoms with Crippen LogP contribution in [0.1, 0.15) is 13.8 Å². The van der Waals surface area contributed by atoms with Gasteiger partial charge in [0.2, 0.25) is 21.8 Å². The zero-order valence-corrected chi connectivity index (χ0v) is 16.4. The highest BCUT2D eigenvalue weighted by Gasteiger charge is 2.28. The molecule has 7 nitrogen and oxygen atoms in total. The van der Waals surface area contributed by atoms with Gasteiger partial charge in [0.25, 0.3) is 0 Å². The molecule has 0 bridgehead atoms. The fourth-order valence-electron chi connectivity index (χ4n) is 1.77. The Morgan fingerprint density at radius 1 is 1.17 bits per heavy atom. The number of amides is 2. The highest BCUT2D eigenvalue weighted by molar-refractivity contribution is 9.10. The maximum absolute atomic E-state index is 12.4. The van der Waals surface area contributed by atoms with Gasteiger partial charge in [-0.2, -0.15) is 4.72 Å². The number of nitrogens with one attached hydrogen (secondary N) is 2. The second kappa shape index (κ2) is 8.59. The van der Waals surface area contributed by atoms with Crippen molar-refractivity contribution < 1.29 is 18.0 Å². The molecular weight excluding hydrogens is 398 g/mol. The van der Waals surface area contributed by atoms with Crippen LogP contribution < -0.4 is 10.0 Å². The quantitative estimate of drug-likeness (QED) is 0.687. The fraction of sp³-hybridized carbons (Fsp3) is 0.467. The summed E-state index contributed by atoms with van der Waals surface area (Å²) in [6.07, 6.45) is 0. The Labute approximate surface area is 151 Å². The Morgan fingerprint density at radius 2 is 1.71 bits per heavy atom. The molecule has 0 fully saturated rings. The molecule has 0 saturated heterocycles. The largest absolute Gasteiger partial charge is 0.347 e. The van der Waals surface area contributed by atoms with Crippen molar-refractivity contribution in [2.75, 3.05) is 20.6 Å². The first-order chi connectivity index (χ1) is 11.0. The van der Waals surface area contributed by atoms with Gasteiger partial charge in [0.1, 0.15) is 6.04 Å². The number of benzene rings is 1. The van der Waals surface area contributed by atoms with Crippen LogP contribution in [0.15, 0.2) is 33.6 Å². The van der Waals surface area contributed by atoms with E-state index in [9.17, 15) is 18.0 Å². The predicted octanol–water partition coefficient (Wildman–Crippen LogP) is 0.956. The SMILES string of the molecule is CC(C)[C@H](NS(=O)(=O)c1ccc(Br)cc1)C(=O)NCC(=O)N(C)C. The second-order valence-electron chi connectivity index (χ2n) is 5.80. The van der Waals surface area contributed by atoms with Crippen LogP contribution in [0, 0.1) is 5.92 Å². The van der Waals surface area contributed by atoms with Crippen molar-refractivity contribution in [2.24, 2.45) is 5.92 Å². The van der Waals surface area contributed by atoms with Crippen molar-refractivity contribution in [1.82, 2.24) is 14.9 Å². The zero-order chi connectivity index (χ0) is 18.5. The van der Waals surface area contributed by atoms with Crippen molar-refractivity contribution in [3.63, 3.8) is 0 Å². The van der Waals surface area contributed by atoms with Gasteiger partial charge in [-0.25, -0.2) is 8.42 Å². The molecule has 0 unspecified atom stereocenters. The highest BCUT2D eigenvalue weighted by atomic mass is 79.9. The number of carbonyl (C=O) groups excluding carboxylic acids is 2. The van der Waals surface area contributed by atoms with E-state index in [0.29, 0.717) is 0 Å². The topological polar surface area (TPSA) is 95.6 Å². The summed E-state index contributed by atoms with van der Waals surface area (Å²) in [7, 11) is -0.700. The van der Waals surface area contributed by atoms with Crippen molar-refractivity contribution in [3.05, 3.63) is 28.7 Å². The van der Waals surface area contributed by atoms with Crippen LogP contribution >= 0.6 is 15.9 Å². The smallest absolute Gasteiger partial charge is 0.241 e. The van der Waals surface area contributed by atoms with Gasteiger partial charge in [0.05, 0.1) is 11.4 Å². The third-order valence-electron chi connectivity index (χ3n) is 3.27. The van der Waals surface area contributed by atoms with Crippen LogP contribution in [0.5, 0.6) is 0 Å². The summed E-state index contributed by atoms with van der Waals surface area (Å²) in [4.78, 5) is 25.2. The number of sulfonamides is 1. The van der Waals surface area contributed by atoms with Crippen molar-refractivity contribution >= 4 is 37.8 Å². The second-order valence-corrected chi connectivity index (χ2v) is 8.43. The molecule has 1 atom stereocenters. The summed E-state index contributed by atoms with van der Waals surface area (Å²) >= 11 is 3.24. The summed E-state index contributed by atoms with van der Waals surface area (Å²) in [5.41, 5.74) is 0. The van der Waals surface area contributed by atoms with Crippen molar-refractivity contribution in [1.29, 1.82) is 0 Å². The van der Waals surface area contributed by atoms with Crippen molar-refractivity contribution in [2.45, 2.75) is 24.8 Å². The molecule has 0 saturated carbocycles.